The van der Waals surface area contributed by atoms with E-state index in [2.05, 4.69) is 36.6 Å². The Hall–Kier alpha value is -5.85. The van der Waals surface area contributed by atoms with Crippen LogP contribution in [0.4, 0.5) is 4.79 Å². The highest BCUT2D eigenvalue weighted by Gasteiger charge is 2.33. The fourth-order valence-electron chi connectivity index (χ4n) is 6.64. The Kier molecular flexibility index (Phi) is 21.5. The lowest BCUT2D eigenvalue weighted by Crippen LogP contribution is -2.58. The molecule has 1 aromatic heterocycles. The second-order valence-electron chi connectivity index (χ2n) is 17.3. The third kappa shape index (κ3) is 19.7. The molecule has 9 N–H and O–H groups in total. The highest BCUT2D eigenvalue weighted by molar-refractivity contribution is 7.98. The molecule has 0 aliphatic rings. The molecular weight excluding hydrogens is 881 g/mol. The number of aliphatic hydroxyl groups is 1. The number of aromatic nitrogens is 2. The number of imidazole rings is 1. The zero-order valence-corrected chi connectivity index (χ0v) is 39.8. The average Bonchev–Trinajstić information content (AvgIpc) is 3.78. The Morgan fingerprint density at radius 3 is 1.74 bits per heavy atom. The Bertz CT molecular complexity index is 2130. The fourth-order valence-corrected chi connectivity index (χ4v) is 8.76. The molecule has 0 saturated heterocycles. The van der Waals surface area contributed by atoms with Gasteiger partial charge in [-0.15, -0.1) is 0 Å². The standard InChI is InChI=1S/C48H64N8O8S2/c1-31(2)21-37(44(60)53-36(43(49)59)22-32-15-9-6-10-16-32)52-42(58)24-41(57)39(28-65-26-33-17-11-7-12-18-33)55-45(61)38(23-35-25-50-30-51-35)54-46(62)40(56-47(63)64-48(3,4)5)29-66-27-34-19-13-8-14-20-34/h6-20,25,30-31,36-41,57H,21-24,26-29H2,1-5H3,(H2,49,59)(H,50,51)(H,52,58)(H,53,60)(H,54,62)(H,55,61)(H,56,63)/t36-,37-,38-,39-,40-,41-/m0/s1. The van der Waals surface area contributed by atoms with E-state index in [0.717, 1.165) is 16.7 Å². The number of thioether (sulfide) groups is 2. The number of aliphatic hydroxyl groups excluding tert-OH is 1. The lowest BCUT2D eigenvalue weighted by molar-refractivity contribution is -0.133. The molecule has 18 heteroatoms. The predicted molar refractivity (Wildman–Crippen MR) is 258 cm³/mol. The molecule has 16 nitrogen and oxygen atoms in total. The number of carbonyl (C=O) groups is 6. The minimum atomic E-state index is -1.45. The monoisotopic (exact) mass is 944 g/mol. The van der Waals surface area contributed by atoms with Crippen molar-refractivity contribution in [2.75, 3.05) is 11.5 Å². The van der Waals surface area contributed by atoms with E-state index >= 15 is 0 Å². The van der Waals surface area contributed by atoms with Crippen LogP contribution in [0.1, 0.15) is 69.8 Å². The van der Waals surface area contributed by atoms with Crippen molar-refractivity contribution < 1.29 is 38.6 Å². The summed E-state index contributed by atoms with van der Waals surface area (Å²) in [6.45, 7) is 8.88. The van der Waals surface area contributed by atoms with Crippen molar-refractivity contribution in [1.29, 1.82) is 0 Å². The van der Waals surface area contributed by atoms with Crippen LogP contribution in [0, 0.1) is 5.92 Å². The molecule has 0 saturated carbocycles. The third-order valence-corrected chi connectivity index (χ3v) is 12.2. The largest absolute Gasteiger partial charge is 0.444 e. The van der Waals surface area contributed by atoms with Gasteiger partial charge >= 0.3 is 6.09 Å². The summed E-state index contributed by atoms with van der Waals surface area (Å²) in [4.78, 5) is 88.1. The predicted octanol–water partition coefficient (Wildman–Crippen LogP) is 4.18. The van der Waals surface area contributed by atoms with Gasteiger partial charge in [0.2, 0.25) is 29.5 Å². The van der Waals surface area contributed by atoms with Crippen LogP contribution in [0.15, 0.2) is 104 Å². The van der Waals surface area contributed by atoms with Crippen molar-refractivity contribution in [3.8, 4) is 0 Å². The van der Waals surface area contributed by atoms with E-state index < -0.39 is 84.0 Å². The molecule has 0 aliphatic carbocycles. The molecule has 6 amide bonds. The first kappa shape index (κ1) is 52.8. The Morgan fingerprint density at radius 1 is 0.682 bits per heavy atom. The first-order valence-corrected chi connectivity index (χ1v) is 24.2. The van der Waals surface area contributed by atoms with Crippen LogP contribution in [0.3, 0.4) is 0 Å². The third-order valence-electron chi connectivity index (χ3n) is 9.91. The summed E-state index contributed by atoms with van der Waals surface area (Å²) in [7, 11) is 0. The van der Waals surface area contributed by atoms with E-state index in [0.29, 0.717) is 17.2 Å². The maximum absolute atomic E-state index is 14.4. The summed E-state index contributed by atoms with van der Waals surface area (Å²) in [5.74, 6) is -1.97. The fraction of sp³-hybridized carbons (Fsp3) is 0.438. The molecule has 6 atom stereocenters. The number of H-pyrrole nitrogens is 1. The minimum absolute atomic E-state index is 0.0308. The van der Waals surface area contributed by atoms with Crippen LogP contribution < -0.4 is 32.3 Å². The number of amides is 6. The minimum Gasteiger partial charge on any atom is -0.444 e. The van der Waals surface area contributed by atoms with Crippen LogP contribution in [-0.4, -0.2) is 104 Å². The number of aromatic amines is 1. The van der Waals surface area contributed by atoms with E-state index in [1.165, 1.54) is 36.0 Å². The van der Waals surface area contributed by atoms with E-state index in [1.54, 1.807) is 20.8 Å². The lowest BCUT2D eigenvalue weighted by Gasteiger charge is -2.28. The van der Waals surface area contributed by atoms with Gasteiger partial charge in [0.05, 0.1) is 24.9 Å². The van der Waals surface area contributed by atoms with Crippen molar-refractivity contribution >= 4 is 59.2 Å². The number of nitrogens with one attached hydrogen (secondary N) is 6. The molecule has 356 valence electrons. The number of nitrogens with zero attached hydrogens (tertiary/aromatic N) is 1. The topological polar surface area (TPSA) is 247 Å². The molecule has 0 bridgehead atoms. The zero-order valence-electron chi connectivity index (χ0n) is 38.2. The van der Waals surface area contributed by atoms with Gasteiger partial charge in [0, 0.05) is 47.7 Å². The summed E-state index contributed by atoms with van der Waals surface area (Å²) >= 11 is 2.84. The number of benzene rings is 3. The van der Waals surface area contributed by atoms with Crippen molar-refractivity contribution in [1.82, 2.24) is 36.6 Å². The lowest BCUT2D eigenvalue weighted by atomic mass is 10.0. The second-order valence-corrected chi connectivity index (χ2v) is 19.4. The summed E-state index contributed by atoms with van der Waals surface area (Å²) in [5, 5.41) is 25.5. The van der Waals surface area contributed by atoms with Gasteiger partial charge < -0.3 is 47.1 Å². The Labute approximate surface area is 395 Å². The normalized spacial score (nSPS) is 14.1. The molecule has 0 fully saturated rings. The van der Waals surface area contributed by atoms with Gasteiger partial charge in [-0.2, -0.15) is 23.5 Å². The summed E-state index contributed by atoms with van der Waals surface area (Å²) < 4.78 is 5.47. The molecule has 66 heavy (non-hydrogen) atoms. The van der Waals surface area contributed by atoms with Gasteiger partial charge in [-0.1, -0.05) is 105 Å². The smallest absolute Gasteiger partial charge is 0.408 e. The van der Waals surface area contributed by atoms with Gasteiger partial charge in [-0.25, -0.2) is 9.78 Å². The Morgan fingerprint density at radius 2 is 1.21 bits per heavy atom. The van der Waals surface area contributed by atoms with Crippen molar-refractivity contribution in [3.05, 3.63) is 126 Å². The number of primary amides is 1. The summed E-state index contributed by atoms with van der Waals surface area (Å²) in [5.41, 5.74) is 8.16. The van der Waals surface area contributed by atoms with Crippen LogP contribution in [0.5, 0.6) is 0 Å². The van der Waals surface area contributed by atoms with Crippen molar-refractivity contribution in [2.24, 2.45) is 11.7 Å². The maximum atomic E-state index is 14.4. The van der Waals surface area contributed by atoms with E-state index in [9.17, 15) is 33.9 Å². The molecule has 0 spiro atoms. The highest BCUT2D eigenvalue weighted by atomic mass is 32.2. The Balaban J connectivity index is 1.52. The summed E-state index contributed by atoms with van der Waals surface area (Å²) in [6, 6.07) is 22.9. The quantitative estimate of drug-likeness (QED) is 0.0444. The zero-order chi connectivity index (χ0) is 48.1. The first-order chi connectivity index (χ1) is 31.4. The van der Waals surface area contributed by atoms with Crippen LogP contribution in [-0.2, 0) is 53.1 Å². The van der Waals surface area contributed by atoms with Crippen LogP contribution in [0.2, 0.25) is 0 Å². The molecule has 4 aromatic rings. The van der Waals surface area contributed by atoms with Crippen LogP contribution >= 0.6 is 23.5 Å². The van der Waals surface area contributed by atoms with Crippen LogP contribution in [0.25, 0.3) is 0 Å². The number of carbonyl (C=O) groups excluding carboxylic acids is 6. The van der Waals surface area contributed by atoms with Gasteiger partial charge in [-0.3, -0.25) is 24.0 Å². The van der Waals surface area contributed by atoms with E-state index in [4.69, 9.17) is 10.5 Å². The molecule has 1 heterocycles. The highest BCUT2D eigenvalue weighted by Crippen LogP contribution is 2.18. The molecule has 3 aromatic carbocycles. The summed E-state index contributed by atoms with van der Waals surface area (Å²) in [6.07, 6.45) is 0.550. The average molecular weight is 945 g/mol. The number of hydrogen-bond donors (Lipinski definition) is 8. The van der Waals surface area contributed by atoms with E-state index in [-0.39, 0.29) is 36.7 Å². The first-order valence-electron chi connectivity index (χ1n) is 21.9. The molecule has 4 rings (SSSR count). The SMILES string of the molecule is CC(C)C[C@H](NC(=O)C[C@H](O)[C@H](CSCc1ccccc1)NC(=O)[C@H](Cc1cnc[nH]1)NC(=O)[C@H](CSCc1ccccc1)NC(=O)OC(C)(C)C)C(=O)N[C@@H](Cc1ccccc1)C(N)=O. The van der Waals surface area contributed by atoms with Gasteiger partial charge in [-0.05, 0) is 49.8 Å². The molecule has 0 unspecified atom stereocenters. The molecule has 0 radical (unpaired) electrons. The number of hydrogen-bond acceptors (Lipinski definition) is 11. The number of ether oxygens (including phenoxy) is 1. The number of nitrogens with two attached hydrogens (primary N) is 1. The van der Waals surface area contributed by atoms with Gasteiger partial charge in [0.1, 0.15) is 29.8 Å². The molecule has 0 aliphatic heterocycles. The number of rotatable bonds is 26. The van der Waals surface area contributed by atoms with E-state index in [1.807, 2.05) is 105 Å². The molecular formula is C48H64N8O8S2. The maximum Gasteiger partial charge on any atom is 0.408 e. The number of alkyl carbamates (subject to hydrolysis) is 1. The van der Waals surface area contributed by atoms with Gasteiger partial charge in [0.25, 0.3) is 0 Å². The second kappa shape index (κ2) is 26.9. The van der Waals surface area contributed by atoms with Crippen molar-refractivity contribution in [3.63, 3.8) is 0 Å². The van der Waals surface area contributed by atoms with Crippen molar-refractivity contribution in [2.45, 2.75) is 114 Å². The van der Waals surface area contributed by atoms with Gasteiger partial charge in [0.15, 0.2) is 0 Å².